The van der Waals surface area contributed by atoms with Crippen molar-refractivity contribution >= 4 is 34.5 Å². The molecule has 1 amide bonds. The van der Waals surface area contributed by atoms with Gasteiger partial charge in [0.05, 0.1) is 5.69 Å². The van der Waals surface area contributed by atoms with Crippen molar-refractivity contribution in [3.8, 4) is 0 Å². The zero-order valence-electron chi connectivity index (χ0n) is 15.0. The summed E-state index contributed by atoms with van der Waals surface area (Å²) in [6.07, 6.45) is 0.138. The second-order valence-corrected chi connectivity index (χ2v) is 7.02. The molecule has 1 N–H and O–H groups in total. The van der Waals surface area contributed by atoms with Gasteiger partial charge in [-0.3, -0.25) is 18.7 Å². The Morgan fingerprint density at radius 1 is 1.15 bits per heavy atom. The molecule has 0 saturated carbocycles. The first-order valence-electron chi connectivity index (χ1n) is 8.11. The number of hydrogen-bond acceptors (Lipinski definition) is 5. The highest BCUT2D eigenvalue weighted by molar-refractivity contribution is 7.99. The fraction of sp³-hybridized carbons (Fsp3) is 0.294. The number of anilines is 1. The lowest BCUT2D eigenvalue weighted by Gasteiger charge is -2.07. The molecule has 0 spiro atoms. The molecule has 0 bridgehead atoms. The number of nitrogens with one attached hydrogen (secondary N) is 1. The number of aryl methyl sites for hydroxylation is 2. The largest absolute Gasteiger partial charge is 0.332 e. The maximum atomic E-state index is 13.6. The van der Waals surface area contributed by atoms with Gasteiger partial charge in [0.15, 0.2) is 16.3 Å². The molecule has 0 unspecified atom stereocenters. The Bertz CT molecular complexity index is 1150. The van der Waals surface area contributed by atoms with E-state index in [1.54, 1.807) is 30.8 Å². The third-order valence-corrected chi connectivity index (χ3v) is 5.16. The maximum Gasteiger partial charge on any atom is 0.332 e. The van der Waals surface area contributed by atoms with Gasteiger partial charge in [-0.2, -0.15) is 0 Å². The molecule has 0 saturated heterocycles. The van der Waals surface area contributed by atoms with Crippen LogP contribution in [0.15, 0.2) is 39.0 Å². The summed E-state index contributed by atoms with van der Waals surface area (Å²) in [6.45, 7) is 0. The van der Waals surface area contributed by atoms with Crippen LogP contribution in [0.3, 0.4) is 0 Å². The van der Waals surface area contributed by atoms with E-state index in [0.717, 1.165) is 4.57 Å². The Labute approximate surface area is 157 Å². The minimum absolute atomic E-state index is 0.133. The molecule has 0 aliphatic carbocycles. The van der Waals surface area contributed by atoms with Crippen LogP contribution in [0.2, 0.25) is 0 Å². The van der Waals surface area contributed by atoms with Crippen molar-refractivity contribution < 1.29 is 9.18 Å². The number of nitrogens with zero attached hydrogens (tertiary/aromatic N) is 4. The Kier molecular flexibility index (Phi) is 5.17. The zero-order chi connectivity index (χ0) is 19.7. The van der Waals surface area contributed by atoms with Crippen molar-refractivity contribution in [2.24, 2.45) is 21.1 Å². The molecule has 1 aromatic carbocycles. The number of carbonyl (C=O) groups excluding carboxylic acids is 1. The highest BCUT2D eigenvalue weighted by Crippen LogP contribution is 2.21. The molecular formula is C17H18FN5O3S. The van der Waals surface area contributed by atoms with E-state index in [2.05, 4.69) is 10.3 Å². The maximum absolute atomic E-state index is 13.6. The van der Waals surface area contributed by atoms with E-state index in [1.165, 1.54) is 35.5 Å². The molecule has 3 aromatic rings. The molecule has 2 aromatic heterocycles. The quantitative estimate of drug-likeness (QED) is 0.661. The Balaban J connectivity index is 1.74. The summed E-state index contributed by atoms with van der Waals surface area (Å²) >= 11 is 1.28. The molecular weight excluding hydrogens is 373 g/mol. The first-order valence-corrected chi connectivity index (χ1v) is 9.09. The summed E-state index contributed by atoms with van der Waals surface area (Å²) in [7, 11) is 4.68. The van der Waals surface area contributed by atoms with Crippen LogP contribution in [0, 0.1) is 5.82 Å². The van der Waals surface area contributed by atoms with E-state index in [0.29, 0.717) is 16.6 Å². The molecule has 2 heterocycles. The van der Waals surface area contributed by atoms with Crippen molar-refractivity contribution in [3.63, 3.8) is 0 Å². The third-order valence-electron chi connectivity index (χ3n) is 4.13. The number of hydrogen-bond donors (Lipinski definition) is 1. The van der Waals surface area contributed by atoms with Gasteiger partial charge in [0.1, 0.15) is 5.82 Å². The predicted molar refractivity (Wildman–Crippen MR) is 102 cm³/mol. The summed E-state index contributed by atoms with van der Waals surface area (Å²) in [4.78, 5) is 40.6. The molecule has 10 heteroatoms. The number of carbonyl (C=O) groups is 1. The highest BCUT2D eigenvalue weighted by Gasteiger charge is 2.17. The number of fused-ring (bicyclic) bond motifs is 1. The van der Waals surface area contributed by atoms with Crippen LogP contribution < -0.4 is 16.6 Å². The molecule has 0 radical (unpaired) electrons. The molecule has 142 valence electrons. The van der Waals surface area contributed by atoms with E-state index in [1.807, 2.05) is 0 Å². The molecule has 3 rings (SSSR count). The molecule has 0 atom stereocenters. The highest BCUT2D eigenvalue weighted by atomic mass is 32.2. The van der Waals surface area contributed by atoms with Crippen molar-refractivity contribution in [1.82, 2.24) is 18.7 Å². The second-order valence-electron chi connectivity index (χ2n) is 5.96. The van der Waals surface area contributed by atoms with Gasteiger partial charge in [-0.15, -0.1) is 0 Å². The smallest absolute Gasteiger partial charge is 0.324 e. The Morgan fingerprint density at radius 3 is 2.56 bits per heavy atom. The fourth-order valence-electron chi connectivity index (χ4n) is 2.70. The molecule has 27 heavy (non-hydrogen) atoms. The van der Waals surface area contributed by atoms with E-state index in [-0.39, 0.29) is 23.5 Å². The molecule has 8 nitrogen and oxygen atoms in total. The van der Waals surface area contributed by atoms with Gasteiger partial charge in [-0.05, 0) is 12.1 Å². The van der Waals surface area contributed by atoms with E-state index >= 15 is 0 Å². The normalized spacial score (nSPS) is 11.1. The molecule has 0 aliphatic rings. The summed E-state index contributed by atoms with van der Waals surface area (Å²) in [5.41, 5.74) is -0.153. The number of rotatable bonds is 5. The summed E-state index contributed by atoms with van der Waals surface area (Å²) in [5, 5.41) is 3.03. The van der Waals surface area contributed by atoms with Gasteiger partial charge in [0, 0.05) is 33.3 Å². The average molecular weight is 391 g/mol. The number of aromatic nitrogens is 4. The Hall–Kier alpha value is -2.88. The van der Waals surface area contributed by atoms with Gasteiger partial charge in [-0.1, -0.05) is 23.9 Å². The van der Waals surface area contributed by atoms with Crippen LogP contribution in [0.5, 0.6) is 0 Å². The second kappa shape index (κ2) is 7.39. The summed E-state index contributed by atoms with van der Waals surface area (Å²) < 4.78 is 17.6. The lowest BCUT2D eigenvalue weighted by Crippen LogP contribution is -2.37. The van der Waals surface area contributed by atoms with Crippen LogP contribution in [-0.2, 0) is 25.9 Å². The van der Waals surface area contributed by atoms with Crippen molar-refractivity contribution in [3.05, 3.63) is 50.9 Å². The fourth-order valence-corrected chi connectivity index (χ4v) is 3.60. The van der Waals surface area contributed by atoms with Gasteiger partial charge in [-0.25, -0.2) is 14.2 Å². The van der Waals surface area contributed by atoms with Gasteiger partial charge >= 0.3 is 5.69 Å². The average Bonchev–Trinajstić information content (AvgIpc) is 2.97. The number of halogens is 1. The number of amides is 1. The topological polar surface area (TPSA) is 90.9 Å². The molecule has 0 aliphatic heterocycles. The predicted octanol–water partition coefficient (Wildman–Crippen LogP) is 1.23. The number of para-hydroxylation sites is 1. The van der Waals surface area contributed by atoms with Gasteiger partial charge < -0.3 is 9.88 Å². The number of thioether (sulfide) groups is 1. The van der Waals surface area contributed by atoms with E-state index in [4.69, 9.17) is 0 Å². The van der Waals surface area contributed by atoms with Crippen LogP contribution in [-0.4, -0.2) is 30.3 Å². The monoisotopic (exact) mass is 391 g/mol. The minimum atomic E-state index is -0.495. The van der Waals surface area contributed by atoms with Crippen molar-refractivity contribution in [1.29, 1.82) is 0 Å². The van der Waals surface area contributed by atoms with Crippen LogP contribution in [0.1, 0.15) is 6.42 Å². The Morgan fingerprint density at radius 2 is 1.85 bits per heavy atom. The number of imidazole rings is 1. The van der Waals surface area contributed by atoms with Crippen molar-refractivity contribution in [2.75, 3.05) is 11.1 Å². The first-order chi connectivity index (χ1) is 12.8. The lowest BCUT2D eigenvalue weighted by molar-refractivity contribution is -0.115. The van der Waals surface area contributed by atoms with Crippen LogP contribution in [0.25, 0.3) is 11.2 Å². The van der Waals surface area contributed by atoms with Gasteiger partial charge in [0.25, 0.3) is 5.56 Å². The molecule has 0 fully saturated rings. The number of benzene rings is 1. The third kappa shape index (κ3) is 3.52. The van der Waals surface area contributed by atoms with E-state index < -0.39 is 17.1 Å². The zero-order valence-corrected chi connectivity index (χ0v) is 15.8. The summed E-state index contributed by atoms with van der Waals surface area (Å²) in [5.74, 6) is -0.439. The SMILES string of the molecule is Cn1c(=O)c2nc(SCCC(=O)Nc3ccccc3F)n(C)c2n(C)c1=O. The first kappa shape index (κ1) is 18.9. The van der Waals surface area contributed by atoms with Crippen LogP contribution >= 0.6 is 11.8 Å². The van der Waals surface area contributed by atoms with Crippen LogP contribution in [0.4, 0.5) is 10.1 Å². The summed E-state index contributed by atoms with van der Waals surface area (Å²) in [6, 6.07) is 5.94. The minimum Gasteiger partial charge on any atom is -0.324 e. The van der Waals surface area contributed by atoms with E-state index in [9.17, 15) is 18.8 Å². The van der Waals surface area contributed by atoms with Gasteiger partial charge in [0.2, 0.25) is 5.91 Å². The lowest BCUT2D eigenvalue weighted by atomic mass is 10.3. The standard InChI is InChI=1S/C17H18FN5O3S/c1-21-14-13(15(25)23(3)17(26)22(14)2)20-16(21)27-9-8-12(24)19-11-7-5-4-6-10(11)18/h4-7H,8-9H2,1-3H3,(H,19,24). The van der Waals surface area contributed by atoms with Crippen molar-refractivity contribution in [2.45, 2.75) is 11.6 Å².